The first-order valence-electron chi connectivity index (χ1n) is 9.46. The van der Waals surface area contributed by atoms with Gasteiger partial charge in [-0.25, -0.2) is 4.39 Å². The van der Waals surface area contributed by atoms with E-state index in [0.717, 1.165) is 11.8 Å². The van der Waals surface area contributed by atoms with Gasteiger partial charge in [-0.1, -0.05) is 23.2 Å². The first-order valence-corrected chi connectivity index (χ1v) is 10.2. The first kappa shape index (κ1) is 20.8. The standard InChI is InChI=1S/C21H20Cl2FN3O3/c22-13-1-3-14(4-2-13)25-8-18(28)26-20-10-21(11-20,12-20)27-19(29)9-30-15-5-6-16(23)17(24)7-15/h1-7,25H,8-12H2,(H,26,28)(H,27,29). The number of amides is 2. The van der Waals surface area contributed by atoms with Crippen molar-refractivity contribution in [2.75, 3.05) is 18.5 Å². The van der Waals surface area contributed by atoms with Crippen molar-refractivity contribution in [3.63, 3.8) is 0 Å². The quantitative estimate of drug-likeness (QED) is 0.573. The highest BCUT2D eigenvalue weighted by Crippen LogP contribution is 2.60. The smallest absolute Gasteiger partial charge is 0.258 e. The van der Waals surface area contributed by atoms with Crippen molar-refractivity contribution >= 4 is 40.7 Å². The molecule has 2 aromatic rings. The molecule has 3 fully saturated rings. The summed E-state index contributed by atoms with van der Waals surface area (Å²) in [5, 5.41) is 9.68. The molecule has 3 aliphatic rings. The van der Waals surface area contributed by atoms with Crippen LogP contribution in [0.4, 0.5) is 10.1 Å². The maximum absolute atomic E-state index is 13.4. The van der Waals surface area contributed by atoms with Crippen molar-refractivity contribution in [2.24, 2.45) is 0 Å². The Labute approximate surface area is 183 Å². The molecule has 0 radical (unpaired) electrons. The molecule has 3 N–H and O–H groups in total. The van der Waals surface area contributed by atoms with Gasteiger partial charge in [0.05, 0.1) is 11.6 Å². The molecule has 0 spiro atoms. The Kier molecular flexibility index (Phi) is 5.51. The second-order valence-electron chi connectivity index (χ2n) is 7.91. The van der Waals surface area contributed by atoms with Gasteiger partial charge < -0.3 is 20.7 Å². The van der Waals surface area contributed by atoms with Crippen LogP contribution in [0.5, 0.6) is 5.75 Å². The van der Waals surface area contributed by atoms with Crippen molar-refractivity contribution in [3.05, 3.63) is 58.3 Å². The largest absolute Gasteiger partial charge is 0.484 e. The van der Waals surface area contributed by atoms with E-state index >= 15 is 0 Å². The van der Waals surface area contributed by atoms with Crippen LogP contribution in [-0.4, -0.2) is 36.0 Å². The fourth-order valence-corrected chi connectivity index (χ4v) is 4.43. The molecule has 0 heterocycles. The fourth-order valence-electron chi connectivity index (χ4n) is 4.19. The first-order chi connectivity index (χ1) is 14.3. The zero-order chi connectivity index (χ0) is 21.4. The Morgan fingerprint density at radius 3 is 2.23 bits per heavy atom. The third-order valence-corrected chi connectivity index (χ3v) is 5.96. The molecule has 9 heteroatoms. The number of ether oxygens (including phenoxy) is 1. The third-order valence-electron chi connectivity index (χ3n) is 5.40. The Morgan fingerprint density at radius 2 is 1.60 bits per heavy atom. The van der Waals surface area contributed by atoms with Crippen molar-refractivity contribution in [1.82, 2.24) is 10.6 Å². The molecule has 6 nitrogen and oxygen atoms in total. The fraction of sp³-hybridized carbons (Fsp3) is 0.333. The molecule has 0 unspecified atom stereocenters. The molecule has 5 rings (SSSR count). The van der Waals surface area contributed by atoms with Gasteiger partial charge in [0.15, 0.2) is 6.61 Å². The summed E-state index contributed by atoms with van der Waals surface area (Å²) in [6, 6.07) is 11.1. The Morgan fingerprint density at radius 1 is 0.967 bits per heavy atom. The minimum absolute atomic E-state index is 0.00335. The molecule has 2 bridgehead atoms. The van der Waals surface area contributed by atoms with Gasteiger partial charge in [0.1, 0.15) is 11.6 Å². The number of hydrogen-bond donors (Lipinski definition) is 3. The van der Waals surface area contributed by atoms with Crippen molar-refractivity contribution in [2.45, 2.75) is 30.3 Å². The number of carbonyl (C=O) groups is 2. The van der Waals surface area contributed by atoms with Gasteiger partial charge in [-0.2, -0.15) is 0 Å². The van der Waals surface area contributed by atoms with E-state index in [0.29, 0.717) is 24.3 Å². The molecule has 0 saturated heterocycles. The van der Waals surface area contributed by atoms with Crippen molar-refractivity contribution < 1.29 is 18.7 Å². The molecule has 2 amide bonds. The van der Waals surface area contributed by atoms with Gasteiger partial charge in [-0.15, -0.1) is 0 Å². The lowest BCUT2D eigenvalue weighted by Crippen LogP contribution is -2.84. The van der Waals surface area contributed by atoms with E-state index in [2.05, 4.69) is 16.0 Å². The number of carbonyl (C=O) groups excluding carboxylic acids is 2. The van der Waals surface area contributed by atoms with Gasteiger partial charge in [0, 0.05) is 27.9 Å². The van der Waals surface area contributed by atoms with Crippen LogP contribution >= 0.6 is 23.2 Å². The monoisotopic (exact) mass is 451 g/mol. The van der Waals surface area contributed by atoms with Crippen LogP contribution in [0.1, 0.15) is 19.3 Å². The van der Waals surface area contributed by atoms with Crippen LogP contribution in [0.15, 0.2) is 42.5 Å². The summed E-state index contributed by atoms with van der Waals surface area (Å²) in [5.74, 6) is -0.745. The van der Waals surface area contributed by atoms with Crippen LogP contribution in [0, 0.1) is 5.82 Å². The lowest BCUT2D eigenvalue weighted by molar-refractivity contribution is -0.149. The average molecular weight is 452 g/mol. The van der Waals surface area contributed by atoms with Crippen LogP contribution in [0.3, 0.4) is 0 Å². The topological polar surface area (TPSA) is 79.5 Å². The van der Waals surface area contributed by atoms with E-state index in [9.17, 15) is 14.0 Å². The number of anilines is 1. The van der Waals surface area contributed by atoms with Gasteiger partial charge in [-0.05, 0) is 55.7 Å². The number of hydrogen-bond acceptors (Lipinski definition) is 4. The summed E-state index contributed by atoms with van der Waals surface area (Å²) in [6.07, 6.45) is 2.07. The Balaban J connectivity index is 1.17. The maximum atomic E-state index is 13.4. The SMILES string of the molecule is O=C(CNc1ccc(Cl)cc1)NC12CC(NC(=O)COc3ccc(Cl)c(F)c3)(C1)C2. The Hall–Kier alpha value is -2.51. The molecule has 158 valence electrons. The highest BCUT2D eigenvalue weighted by molar-refractivity contribution is 6.31. The van der Waals surface area contributed by atoms with E-state index in [-0.39, 0.29) is 46.8 Å². The zero-order valence-electron chi connectivity index (χ0n) is 15.9. The van der Waals surface area contributed by atoms with E-state index in [1.54, 1.807) is 12.1 Å². The van der Waals surface area contributed by atoms with Gasteiger partial charge in [-0.3, -0.25) is 9.59 Å². The predicted octanol–water partition coefficient (Wildman–Crippen LogP) is 3.53. The molecule has 3 aliphatic carbocycles. The number of rotatable bonds is 8. The highest BCUT2D eigenvalue weighted by atomic mass is 35.5. The summed E-state index contributed by atoms with van der Waals surface area (Å²) in [4.78, 5) is 24.4. The van der Waals surface area contributed by atoms with Crippen molar-refractivity contribution in [1.29, 1.82) is 0 Å². The molecule has 30 heavy (non-hydrogen) atoms. The predicted molar refractivity (Wildman–Crippen MR) is 112 cm³/mol. The normalized spacial score (nSPS) is 23.6. The third kappa shape index (κ3) is 4.47. The molecular formula is C21H20Cl2FN3O3. The van der Waals surface area contributed by atoms with Crippen LogP contribution < -0.4 is 20.7 Å². The van der Waals surface area contributed by atoms with Crippen LogP contribution in [-0.2, 0) is 9.59 Å². The second kappa shape index (κ2) is 7.96. The van der Waals surface area contributed by atoms with E-state index in [1.165, 1.54) is 12.1 Å². The van der Waals surface area contributed by atoms with E-state index in [1.807, 2.05) is 12.1 Å². The average Bonchev–Trinajstić information content (AvgIpc) is 2.66. The van der Waals surface area contributed by atoms with Gasteiger partial charge in [0.2, 0.25) is 5.91 Å². The lowest BCUT2D eigenvalue weighted by Gasteiger charge is -2.70. The highest BCUT2D eigenvalue weighted by Gasteiger charge is 2.69. The van der Waals surface area contributed by atoms with Crippen molar-refractivity contribution in [3.8, 4) is 5.75 Å². The van der Waals surface area contributed by atoms with Gasteiger partial charge >= 0.3 is 0 Å². The lowest BCUT2D eigenvalue weighted by atomic mass is 9.44. The van der Waals surface area contributed by atoms with E-state index < -0.39 is 5.82 Å². The zero-order valence-corrected chi connectivity index (χ0v) is 17.4. The van der Waals surface area contributed by atoms with Gasteiger partial charge in [0.25, 0.3) is 5.91 Å². The summed E-state index contributed by atoms with van der Waals surface area (Å²) in [5.41, 5.74) is 0.283. The molecule has 3 saturated carbocycles. The minimum atomic E-state index is -0.600. The summed E-state index contributed by atoms with van der Waals surface area (Å²) < 4.78 is 18.7. The second-order valence-corrected chi connectivity index (χ2v) is 8.76. The number of benzene rings is 2. The number of nitrogens with one attached hydrogen (secondary N) is 3. The molecule has 2 aromatic carbocycles. The molecular weight excluding hydrogens is 432 g/mol. The van der Waals surface area contributed by atoms with Crippen LogP contribution in [0.2, 0.25) is 10.0 Å². The van der Waals surface area contributed by atoms with Crippen LogP contribution in [0.25, 0.3) is 0 Å². The minimum Gasteiger partial charge on any atom is -0.484 e. The number of halogens is 3. The summed E-state index contributed by atoms with van der Waals surface area (Å²) in [7, 11) is 0. The molecule has 0 aliphatic heterocycles. The molecule has 0 aromatic heterocycles. The summed E-state index contributed by atoms with van der Waals surface area (Å²) >= 11 is 11.5. The molecule has 0 atom stereocenters. The van der Waals surface area contributed by atoms with E-state index in [4.69, 9.17) is 27.9 Å². The summed E-state index contributed by atoms with van der Waals surface area (Å²) in [6.45, 7) is -0.0541. The Bertz CT molecular complexity index is 964. The maximum Gasteiger partial charge on any atom is 0.258 e.